The van der Waals surface area contributed by atoms with E-state index >= 15 is 0 Å². The number of hydrogen-bond acceptors (Lipinski definition) is 3. The number of halogens is 3. The lowest BCUT2D eigenvalue weighted by Gasteiger charge is -2.28. The van der Waals surface area contributed by atoms with Crippen LogP contribution in [0.1, 0.15) is 29.9 Å². The summed E-state index contributed by atoms with van der Waals surface area (Å²) < 4.78 is 39.3. The predicted octanol–water partition coefficient (Wildman–Crippen LogP) is 2.05. The Bertz CT molecular complexity index is 497. The van der Waals surface area contributed by atoms with Gasteiger partial charge in [0.05, 0.1) is 18.8 Å². The summed E-state index contributed by atoms with van der Waals surface area (Å²) in [5, 5.41) is 12.9. The van der Waals surface area contributed by atoms with Gasteiger partial charge >= 0.3 is 12.1 Å². The first kappa shape index (κ1) is 16.5. The maximum atomic E-state index is 12.6. The van der Waals surface area contributed by atoms with Gasteiger partial charge in [-0.3, -0.25) is 14.4 Å². The van der Waals surface area contributed by atoms with Crippen molar-refractivity contribution in [2.24, 2.45) is 7.05 Å². The Morgan fingerprint density at radius 1 is 1.45 bits per heavy atom. The van der Waals surface area contributed by atoms with Crippen LogP contribution in [0.5, 0.6) is 0 Å². The van der Waals surface area contributed by atoms with Crippen LogP contribution in [0.25, 0.3) is 0 Å². The molecule has 1 unspecified atom stereocenters. The lowest BCUT2D eigenvalue weighted by atomic mass is 10.0. The molecular weight excluding hydrogens is 275 g/mol. The summed E-state index contributed by atoms with van der Waals surface area (Å²) in [7, 11) is 1.70. The molecule has 114 valence electrons. The number of carboxylic acid groups (broad SMARTS) is 1. The minimum atomic E-state index is -4.45. The highest BCUT2D eigenvalue weighted by molar-refractivity contribution is 5.69. The van der Waals surface area contributed by atoms with Gasteiger partial charge in [-0.1, -0.05) is 0 Å². The first-order valence-corrected chi connectivity index (χ1v) is 6.05. The number of alkyl halides is 3. The molecule has 0 aliphatic carbocycles. The zero-order valence-electron chi connectivity index (χ0n) is 11.8. The summed E-state index contributed by atoms with van der Waals surface area (Å²) in [6.45, 7) is 3.07. The van der Waals surface area contributed by atoms with E-state index in [2.05, 4.69) is 5.10 Å². The van der Waals surface area contributed by atoms with E-state index in [1.807, 2.05) is 0 Å². The second-order valence-electron chi connectivity index (χ2n) is 4.80. The average Bonchev–Trinajstić information content (AvgIpc) is 2.48. The molecule has 1 aromatic rings. The molecule has 5 nitrogen and oxygen atoms in total. The Kier molecular flexibility index (Phi) is 4.80. The highest BCUT2D eigenvalue weighted by atomic mass is 19.4. The van der Waals surface area contributed by atoms with E-state index in [0.29, 0.717) is 11.3 Å². The number of carbonyl (C=O) groups is 1. The standard InChI is InChI=1S/C12H18F3N3O2/c1-7-11(8(2)17(4)16-7)9(3)18(5-10(19)20)6-12(13,14)15/h9H,5-6H2,1-4H3,(H,19,20). The van der Waals surface area contributed by atoms with Crippen molar-refractivity contribution in [3.05, 3.63) is 17.0 Å². The third kappa shape index (κ3) is 3.96. The molecule has 0 fully saturated rings. The van der Waals surface area contributed by atoms with Crippen LogP contribution in [-0.2, 0) is 11.8 Å². The van der Waals surface area contributed by atoms with Gasteiger partial charge in [-0.25, -0.2) is 0 Å². The normalized spacial score (nSPS) is 13.8. The second-order valence-corrected chi connectivity index (χ2v) is 4.80. The molecular formula is C12H18F3N3O2. The fourth-order valence-corrected chi connectivity index (χ4v) is 2.31. The van der Waals surface area contributed by atoms with Gasteiger partial charge in [-0.15, -0.1) is 0 Å². The van der Waals surface area contributed by atoms with E-state index in [0.717, 1.165) is 10.6 Å². The topological polar surface area (TPSA) is 58.4 Å². The van der Waals surface area contributed by atoms with Crippen molar-refractivity contribution in [2.75, 3.05) is 13.1 Å². The van der Waals surface area contributed by atoms with E-state index in [9.17, 15) is 18.0 Å². The molecule has 0 radical (unpaired) electrons. The highest BCUT2D eigenvalue weighted by Crippen LogP contribution is 2.29. The van der Waals surface area contributed by atoms with Crippen molar-refractivity contribution in [2.45, 2.75) is 33.0 Å². The lowest BCUT2D eigenvalue weighted by molar-refractivity contribution is -0.158. The van der Waals surface area contributed by atoms with Crippen molar-refractivity contribution in [3.63, 3.8) is 0 Å². The third-order valence-electron chi connectivity index (χ3n) is 3.25. The van der Waals surface area contributed by atoms with Gasteiger partial charge in [0.25, 0.3) is 0 Å². The Hall–Kier alpha value is -1.57. The molecule has 8 heteroatoms. The lowest BCUT2D eigenvalue weighted by Crippen LogP contribution is -2.39. The summed E-state index contributed by atoms with van der Waals surface area (Å²) in [6.07, 6.45) is -4.45. The smallest absolute Gasteiger partial charge is 0.401 e. The van der Waals surface area contributed by atoms with Crippen molar-refractivity contribution >= 4 is 5.97 Å². The molecule has 1 rings (SSSR count). The Balaban J connectivity index is 3.09. The van der Waals surface area contributed by atoms with Crippen molar-refractivity contribution < 1.29 is 23.1 Å². The number of aromatic nitrogens is 2. The molecule has 1 heterocycles. The molecule has 0 spiro atoms. The van der Waals surface area contributed by atoms with Crippen molar-refractivity contribution in [1.82, 2.24) is 14.7 Å². The van der Waals surface area contributed by atoms with Gasteiger partial charge in [-0.2, -0.15) is 18.3 Å². The molecule has 0 aliphatic rings. The van der Waals surface area contributed by atoms with Crippen LogP contribution in [0.15, 0.2) is 0 Å². The maximum absolute atomic E-state index is 12.6. The minimum absolute atomic E-state index is 0.607. The molecule has 0 aliphatic heterocycles. The van der Waals surface area contributed by atoms with Crippen molar-refractivity contribution in [1.29, 1.82) is 0 Å². The summed E-state index contributed by atoms with van der Waals surface area (Å²) in [5.41, 5.74) is 1.97. The van der Waals surface area contributed by atoms with Crippen LogP contribution >= 0.6 is 0 Å². The Morgan fingerprint density at radius 2 is 2.00 bits per heavy atom. The number of aliphatic carboxylic acids is 1. The van der Waals surface area contributed by atoms with Crippen LogP contribution in [0.2, 0.25) is 0 Å². The summed E-state index contributed by atoms with van der Waals surface area (Å²) >= 11 is 0. The number of aryl methyl sites for hydroxylation is 2. The fraction of sp³-hybridized carbons (Fsp3) is 0.667. The Morgan fingerprint density at radius 3 is 2.35 bits per heavy atom. The van der Waals surface area contributed by atoms with Crippen LogP contribution in [0.4, 0.5) is 13.2 Å². The Labute approximate surface area is 115 Å². The van der Waals surface area contributed by atoms with E-state index in [-0.39, 0.29) is 0 Å². The van der Waals surface area contributed by atoms with Gasteiger partial charge in [0.1, 0.15) is 0 Å². The minimum Gasteiger partial charge on any atom is -0.480 e. The molecule has 1 N–H and O–H groups in total. The van der Waals surface area contributed by atoms with Crippen LogP contribution in [0.3, 0.4) is 0 Å². The van der Waals surface area contributed by atoms with Crippen molar-refractivity contribution in [3.8, 4) is 0 Å². The highest BCUT2D eigenvalue weighted by Gasteiger charge is 2.35. The van der Waals surface area contributed by atoms with Gasteiger partial charge in [0, 0.05) is 24.3 Å². The molecule has 0 amide bonds. The van der Waals surface area contributed by atoms with Gasteiger partial charge in [0.2, 0.25) is 0 Å². The van der Waals surface area contributed by atoms with Gasteiger partial charge in [-0.05, 0) is 20.8 Å². The van der Waals surface area contributed by atoms with Gasteiger partial charge < -0.3 is 5.11 Å². The van der Waals surface area contributed by atoms with Gasteiger partial charge in [0.15, 0.2) is 0 Å². The molecule has 0 aromatic carbocycles. The van der Waals surface area contributed by atoms with E-state index in [1.165, 1.54) is 0 Å². The first-order valence-electron chi connectivity index (χ1n) is 6.05. The summed E-state index contributed by atoms with van der Waals surface area (Å²) in [4.78, 5) is 11.7. The zero-order valence-corrected chi connectivity index (χ0v) is 11.8. The number of rotatable bonds is 5. The largest absolute Gasteiger partial charge is 0.480 e. The fourth-order valence-electron chi connectivity index (χ4n) is 2.31. The number of hydrogen-bond donors (Lipinski definition) is 1. The number of nitrogens with zero attached hydrogens (tertiary/aromatic N) is 3. The summed E-state index contributed by atoms with van der Waals surface area (Å²) in [5.74, 6) is -1.29. The summed E-state index contributed by atoms with van der Waals surface area (Å²) in [6, 6.07) is -0.679. The average molecular weight is 293 g/mol. The maximum Gasteiger partial charge on any atom is 0.401 e. The molecule has 0 saturated carbocycles. The molecule has 20 heavy (non-hydrogen) atoms. The molecule has 1 atom stereocenters. The van der Waals surface area contributed by atoms with E-state index in [1.54, 1.807) is 32.5 Å². The second kappa shape index (κ2) is 5.82. The third-order valence-corrected chi connectivity index (χ3v) is 3.25. The zero-order chi connectivity index (χ0) is 15.7. The predicted molar refractivity (Wildman–Crippen MR) is 66.4 cm³/mol. The van der Waals surface area contributed by atoms with E-state index < -0.39 is 31.3 Å². The van der Waals surface area contributed by atoms with Crippen LogP contribution in [-0.4, -0.2) is 45.0 Å². The molecule has 1 aromatic heterocycles. The first-order chi connectivity index (χ1) is 9.03. The van der Waals surface area contributed by atoms with Crippen LogP contribution in [0, 0.1) is 13.8 Å². The van der Waals surface area contributed by atoms with Crippen LogP contribution < -0.4 is 0 Å². The SMILES string of the molecule is Cc1nn(C)c(C)c1C(C)N(CC(=O)O)CC(F)(F)F. The molecule has 0 saturated heterocycles. The van der Waals surface area contributed by atoms with E-state index in [4.69, 9.17) is 5.11 Å². The number of carboxylic acids is 1. The molecule has 0 bridgehead atoms. The monoisotopic (exact) mass is 293 g/mol. The quantitative estimate of drug-likeness (QED) is 0.902.